The van der Waals surface area contributed by atoms with Crippen molar-refractivity contribution in [3.63, 3.8) is 0 Å². The van der Waals surface area contributed by atoms with Gasteiger partial charge in [-0.15, -0.1) is 0 Å². The summed E-state index contributed by atoms with van der Waals surface area (Å²) in [6.45, 7) is 3.93. The van der Waals surface area contributed by atoms with Crippen LogP contribution in [0.3, 0.4) is 0 Å². The van der Waals surface area contributed by atoms with Crippen molar-refractivity contribution in [1.82, 2.24) is 14.5 Å². The van der Waals surface area contributed by atoms with Gasteiger partial charge in [0.15, 0.2) is 0 Å². The van der Waals surface area contributed by atoms with Gasteiger partial charge in [-0.25, -0.2) is 9.97 Å². The van der Waals surface area contributed by atoms with E-state index in [4.69, 9.17) is 10.8 Å². The van der Waals surface area contributed by atoms with E-state index >= 15 is 0 Å². The maximum Gasteiger partial charge on any atom is 0.145 e. The summed E-state index contributed by atoms with van der Waals surface area (Å²) in [5.74, 6) is 0.616. The summed E-state index contributed by atoms with van der Waals surface area (Å²) in [5.41, 5.74) is 6.11. The van der Waals surface area contributed by atoms with E-state index in [1.807, 2.05) is 24.5 Å². The Morgan fingerprint density at radius 2 is 2.09 bits per heavy atom. The molecule has 2 aromatic rings. The Kier molecular flexibility index (Phi) is 4.03. The van der Waals surface area contributed by atoms with E-state index < -0.39 is 12.2 Å². The van der Waals surface area contributed by atoms with E-state index in [-0.39, 0.29) is 24.0 Å². The van der Waals surface area contributed by atoms with Gasteiger partial charge in [0.1, 0.15) is 23.9 Å². The van der Waals surface area contributed by atoms with E-state index in [9.17, 15) is 10.2 Å². The highest BCUT2D eigenvalue weighted by molar-refractivity contribution is 5.86. The lowest BCUT2D eigenvalue weighted by atomic mass is 9.59. The van der Waals surface area contributed by atoms with E-state index in [1.54, 1.807) is 6.20 Å². The zero-order valence-corrected chi connectivity index (χ0v) is 13.4. The highest BCUT2D eigenvalue weighted by Gasteiger charge is 2.48. The van der Waals surface area contributed by atoms with E-state index in [1.165, 1.54) is 6.33 Å². The molecule has 0 aliphatic heterocycles. The van der Waals surface area contributed by atoms with Crippen LogP contribution in [0.4, 0.5) is 5.82 Å². The van der Waals surface area contributed by atoms with Gasteiger partial charge in [-0.1, -0.05) is 6.92 Å². The van der Waals surface area contributed by atoms with Crippen LogP contribution in [0.25, 0.3) is 11.0 Å². The number of aliphatic hydroxyl groups is 3. The normalized spacial score (nSPS) is 28.3. The summed E-state index contributed by atoms with van der Waals surface area (Å²) in [7, 11) is 0. The lowest BCUT2D eigenvalue weighted by Crippen LogP contribution is -2.52. The molecule has 0 radical (unpaired) electrons. The second kappa shape index (κ2) is 5.74. The van der Waals surface area contributed by atoms with Crippen molar-refractivity contribution in [2.45, 2.75) is 44.9 Å². The summed E-state index contributed by atoms with van der Waals surface area (Å²) in [4.78, 5) is 8.19. The van der Waals surface area contributed by atoms with Crippen molar-refractivity contribution >= 4 is 16.9 Å². The Labute approximate surface area is 134 Å². The lowest BCUT2D eigenvalue weighted by Gasteiger charge is -2.49. The Morgan fingerprint density at radius 1 is 1.39 bits per heavy atom. The maximum atomic E-state index is 10.6. The van der Waals surface area contributed by atoms with Crippen LogP contribution in [0.1, 0.15) is 32.7 Å². The number of rotatable bonds is 5. The molecule has 1 saturated carbocycles. The number of nitrogens with zero attached hydrogens (tertiary/aromatic N) is 3. The lowest BCUT2D eigenvalue weighted by molar-refractivity contribution is -0.131. The summed E-state index contributed by atoms with van der Waals surface area (Å²) in [6.07, 6.45) is 2.83. The van der Waals surface area contributed by atoms with Crippen LogP contribution in [0, 0.1) is 11.3 Å². The smallest absolute Gasteiger partial charge is 0.145 e. The third kappa shape index (κ3) is 2.58. The minimum absolute atomic E-state index is 0.131. The van der Waals surface area contributed by atoms with Crippen LogP contribution in [-0.4, -0.2) is 48.7 Å². The van der Waals surface area contributed by atoms with Crippen LogP contribution in [0.15, 0.2) is 18.6 Å². The third-order valence-electron chi connectivity index (χ3n) is 5.28. The number of aliphatic hydroxyl groups excluding tert-OH is 3. The zero-order valence-electron chi connectivity index (χ0n) is 13.4. The van der Waals surface area contributed by atoms with E-state index in [2.05, 4.69) is 9.97 Å². The van der Waals surface area contributed by atoms with E-state index in [0.717, 1.165) is 18.2 Å². The summed E-state index contributed by atoms with van der Waals surface area (Å²) in [6, 6.07) is 1.45. The first-order chi connectivity index (χ1) is 10.9. The molecule has 3 atom stereocenters. The Hall–Kier alpha value is -1.70. The predicted octanol–water partition coefficient (Wildman–Crippen LogP) is 0.705. The third-order valence-corrected chi connectivity index (χ3v) is 5.28. The number of hydrogen-bond acceptors (Lipinski definition) is 6. The molecule has 0 amide bonds. The monoisotopic (exact) mass is 320 g/mol. The highest BCUT2D eigenvalue weighted by atomic mass is 16.3. The average molecular weight is 320 g/mol. The number of nitrogen functional groups attached to an aromatic ring is 1. The summed E-state index contributed by atoms with van der Waals surface area (Å²) in [5, 5.41) is 31.1. The first-order valence-corrected chi connectivity index (χ1v) is 7.91. The van der Waals surface area contributed by atoms with Gasteiger partial charge in [0.05, 0.1) is 17.5 Å². The van der Waals surface area contributed by atoms with Gasteiger partial charge in [0.2, 0.25) is 0 Å². The van der Waals surface area contributed by atoms with Crippen molar-refractivity contribution in [2.75, 3.05) is 12.3 Å². The number of anilines is 1. The zero-order chi connectivity index (χ0) is 16.8. The molecule has 23 heavy (non-hydrogen) atoms. The molecular weight excluding hydrogens is 296 g/mol. The second-order valence-electron chi connectivity index (χ2n) is 7.01. The molecule has 7 heteroatoms. The molecule has 5 N–H and O–H groups in total. The number of hydrogen-bond donors (Lipinski definition) is 4. The summed E-state index contributed by atoms with van der Waals surface area (Å²) >= 11 is 0. The van der Waals surface area contributed by atoms with Gasteiger partial charge in [0.25, 0.3) is 0 Å². The maximum absolute atomic E-state index is 10.6. The second-order valence-corrected chi connectivity index (χ2v) is 7.01. The van der Waals surface area contributed by atoms with Gasteiger partial charge < -0.3 is 25.6 Å². The van der Waals surface area contributed by atoms with Crippen LogP contribution in [0.5, 0.6) is 0 Å². The van der Waals surface area contributed by atoms with Gasteiger partial charge in [0, 0.05) is 12.8 Å². The molecule has 2 aromatic heterocycles. The fourth-order valence-corrected chi connectivity index (χ4v) is 3.79. The molecule has 0 saturated heterocycles. The van der Waals surface area contributed by atoms with Crippen molar-refractivity contribution in [1.29, 1.82) is 0 Å². The Bertz CT molecular complexity index is 696. The van der Waals surface area contributed by atoms with Crippen molar-refractivity contribution in [3.05, 3.63) is 18.6 Å². The molecule has 1 aliphatic rings. The largest absolute Gasteiger partial charge is 0.396 e. The topological polar surface area (TPSA) is 117 Å². The average Bonchev–Trinajstić information content (AvgIpc) is 2.95. The molecule has 3 rings (SSSR count). The molecule has 0 spiro atoms. The first kappa shape index (κ1) is 16.2. The van der Waals surface area contributed by atoms with Gasteiger partial charge >= 0.3 is 0 Å². The first-order valence-electron chi connectivity index (χ1n) is 7.91. The fourth-order valence-electron chi connectivity index (χ4n) is 3.79. The Morgan fingerprint density at radius 3 is 2.74 bits per heavy atom. The van der Waals surface area contributed by atoms with Gasteiger partial charge in [-0.3, -0.25) is 0 Å². The number of nitrogens with two attached hydrogens (primary N) is 1. The molecule has 126 valence electrons. The van der Waals surface area contributed by atoms with Crippen molar-refractivity contribution < 1.29 is 15.3 Å². The molecule has 0 unspecified atom stereocenters. The summed E-state index contributed by atoms with van der Waals surface area (Å²) < 4.78 is 1.81. The highest BCUT2D eigenvalue weighted by Crippen LogP contribution is 2.49. The molecule has 0 aromatic carbocycles. The number of aromatic nitrogens is 3. The van der Waals surface area contributed by atoms with Gasteiger partial charge in [-0.2, -0.15) is 0 Å². The van der Waals surface area contributed by atoms with E-state index in [0.29, 0.717) is 11.5 Å². The van der Waals surface area contributed by atoms with Crippen LogP contribution in [0.2, 0.25) is 0 Å². The molecule has 1 aliphatic carbocycles. The molecule has 2 heterocycles. The SMILES string of the molecule is C[C@H]([C@H](O)[C@H](O)[C@]1(C)C[C@@H](CO)C1)n1ccc2c(N)ncnc21. The molecule has 1 fully saturated rings. The fraction of sp³-hybridized carbons (Fsp3) is 0.625. The predicted molar refractivity (Wildman–Crippen MR) is 86.6 cm³/mol. The molecule has 7 nitrogen and oxygen atoms in total. The minimum atomic E-state index is -0.938. The Balaban J connectivity index is 1.81. The number of fused-ring (bicyclic) bond motifs is 1. The van der Waals surface area contributed by atoms with Gasteiger partial charge in [-0.05, 0) is 37.2 Å². The van der Waals surface area contributed by atoms with Crippen molar-refractivity contribution in [2.24, 2.45) is 11.3 Å². The minimum Gasteiger partial charge on any atom is -0.396 e. The van der Waals surface area contributed by atoms with Crippen LogP contribution < -0.4 is 5.73 Å². The quantitative estimate of drug-likeness (QED) is 0.644. The van der Waals surface area contributed by atoms with Crippen LogP contribution >= 0.6 is 0 Å². The standard InChI is InChI=1S/C16H24N4O3/c1-9(12(22)13(23)16(2)5-10(6-16)7-21)20-4-3-11-14(17)18-8-19-15(11)20/h3-4,8-10,12-13,21-23H,5-7H2,1-2H3,(H2,17,18,19)/t9-,10-,12+,13+,16-/m1/s1. The van der Waals surface area contributed by atoms with Crippen molar-refractivity contribution in [3.8, 4) is 0 Å². The molecular formula is C16H24N4O3. The van der Waals surface area contributed by atoms with Crippen LogP contribution in [-0.2, 0) is 0 Å². The molecule has 0 bridgehead atoms.